The number of nitrogens with zero attached hydrogens (tertiary/aromatic N) is 2. The quantitative estimate of drug-likeness (QED) is 0.773. The van der Waals surface area contributed by atoms with Crippen molar-refractivity contribution in [2.75, 3.05) is 19.6 Å². The Balaban J connectivity index is 0.00000288. The molecule has 1 fully saturated rings. The van der Waals surface area contributed by atoms with Gasteiger partial charge in [-0.3, -0.25) is 9.69 Å². The van der Waals surface area contributed by atoms with E-state index in [9.17, 15) is 4.79 Å². The van der Waals surface area contributed by atoms with E-state index in [2.05, 4.69) is 15.2 Å². The third-order valence-corrected chi connectivity index (χ3v) is 4.91. The van der Waals surface area contributed by atoms with E-state index >= 15 is 0 Å². The van der Waals surface area contributed by atoms with Gasteiger partial charge >= 0.3 is 0 Å². The summed E-state index contributed by atoms with van der Waals surface area (Å²) in [6.45, 7) is 11.2. The summed E-state index contributed by atoms with van der Waals surface area (Å²) in [5.41, 5.74) is 6.74. The average Bonchev–Trinajstić information content (AvgIpc) is 2.83. The van der Waals surface area contributed by atoms with Crippen molar-refractivity contribution in [3.8, 4) is 0 Å². The van der Waals surface area contributed by atoms with Crippen molar-refractivity contribution in [2.24, 2.45) is 17.6 Å². The number of rotatable bonds is 6. The first-order valence-corrected chi connectivity index (χ1v) is 8.55. The van der Waals surface area contributed by atoms with Crippen LogP contribution < -0.4 is 11.1 Å². The second kappa shape index (κ2) is 11.0. The molecule has 0 aromatic carbocycles. The van der Waals surface area contributed by atoms with Gasteiger partial charge in [-0.2, -0.15) is 0 Å². The van der Waals surface area contributed by atoms with Crippen molar-refractivity contribution < 1.29 is 9.21 Å². The molecule has 2 rings (SSSR count). The summed E-state index contributed by atoms with van der Waals surface area (Å²) >= 11 is 0. The van der Waals surface area contributed by atoms with Gasteiger partial charge in [-0.25, -0.2) is 4.98 Å². The number of likely N-dealkylation sites (tertiary alicyclic amines) is 1. The number of hydrogen-bond donors (Lipinski definition) is 2. The molecule has 2 heterocycles. The Hall–Kier alpha value is -0.820. The van der Waals surface area contributed by atoms with Crippen LogP contribution in [0.4, 0.5) is 0 Å². The van der Waals surface area contributed by atoms with Crippen LogP contribution in [0.1, 0.15) is 44.0 Å². The van der Waals surface area contributed by atoms with Crippen molar-refractivity contribution in [3.05, 3.63) is 17.3 Å². The van der Waals surface area contributed by atoms with E-state index in [1.165, 1.54) is 0 Å². The number of oxazole rings is 1. The minimum atomic E-state index is -0.133. The van der Waals surface area contributed by atoms with Crippen molar-refractivity contribution in [2.45, 2.75) is 53.1 Å². The molecule has 8 heteroatoms. The van der Waals surface area contributed by atoms with Crippen LogP contribution in [0.3, 0.4) is 0 Å². The number of nitrogens with two attached hydrogens (primary N) is 1. The van der Waals surface area contributed by atoms with Crippen LogP contribution in [0.5, 0.6) is 0 Å². The first-order chi connectivity index (χ1) is 10.9. The van der Waals surface area contributed by atoms with Gasteiger partial charge < -0.3 is 15.5 Å². The lowest BCUT2D eigenvalue weighted by molar-refractivity contribution is -0.125. The van der Waals surface area contributed by atoms with E-state index in [1.54, 1.807) is 0 Å². The summed E-state index contributed by atoms with van der Waals surface area (Å²) in [6.07, 6.45) is 2.18. The molecule has 146 valence electrons. The number of aromatic nitrogens is 1. The number of piperidine rings is 1. The predicted octanol–water partition coefficient (Wildman–Crippen LogP) is 2.45. The minimum absolute atomic E-state index is 0. The Labute approximate surface area is 163 Å². The van der Waals surface area contributed by atoms with Crippen LogP contribution in [0.25, 0.3) is 0 Å². The van der Waals surface area contributed by atoms with E-state index in [-0.39, 0.29) is 42.7 Å². The second-order valence-corrected chi connectivity index (χ2v) is 6.86. The molecule has 0 spiro atoms. The first-order valence-electron chi connectivity index (χ1n) is 8.55. The lowest BCUT2D eigenvalue weighted by Gasteiger charge is -2.31. The van der Waals surface area contributed by atoms with Gasteiger partial charge in [0, 0.05) is 18.5 Å². The molecule has 0 saturated carbocycles. The van der Waals surface area contributed by atoms with Gasteiger partial charge in [-0.05, 0) is 52.6 Å². The normalized spacial score (nSPS) is 18.0. The molecule has 0 aliphatic carbocycles. The fourth-order valence-electron chi connectivity index (χ4n) is 2.79. The highest BCUT2D eigenvalue weighted by Gasteiger charge is 2.23. The number of nitrogens with one attached hydrogen (secondary N) is 1. The van der Waals surface area contributed by atoms with Gasteiger partial charge in [-0.1, -0.05) is 6.92 Å². The Morgan fingerprint density at radius 1 is 1.32 bits per heavy atom. The summed E-state index contributed by atoms with van der Waals surface area (Å²) in [5, 5.41) is 3.04. The molecule has 1 aliphatic rings. The molecule has 2 atom stereocenters. The molecule has 2 unspecified atom stereocenters. The maximum absolute atomic E-state index is 11.9. The maximum atomic E-state index is 11.9. The summed E-state index contributed by atoms with van der Waals surface area (Å²) in [5.74, 6) is 2.18. The fraction of sp³-hybridized carbons (Fsp3) is 0.765. The van der Waals surface area contributed by atoms with E-state index in [0.717, 1.165) is 56.4 Å². The Morgan fingerprint density at radius 2 is 1.92 bits per heavy atom. The molecule has 1 aliphatic heterocycles. The van der Waals surface area contributed by atoms with Crippen LogP contribution in [0, 0.1) is 25.7 Å². The molecule has 0 bridgehead atoms. The molecular formula is C17H32Cl2N4O2. The fourth-order valence-corrected chi connectivity index (χ4v) is 2.79. The molecule has 1 saturated heterocycles. The summed E-state index contributed by atoms with van der Waals surface area (Å²) in [4.78, 5) is 18.8. The lowest BCUT2D eigenvalue weighted by Crippen LogP contribution is -2.42. The van der Waals surface area contributed by atoms with Gasteiger partial charge in [0.15, 0.2) is 0 Å². The highest BCUT2D eigenvalue weighted by molar-refractivity contribution is 5.85. The Kier molecular flexibility index (Phi) is 10.7. The topological polar surface area (TPSA) is 84.4 Å². The summed E-state index contributed by atoms with van der Waals surface area (Å²) in [6, 6.07) is -0.107. The van der Waals surface area contributed by atoms with Gasteiger partial charge in [0.05, 0.1) is 12.2 Å². The SMILES string of the molecule is Cc1nc(CN2CCC(CNC(=O)C(C)C(C)N)CC2)oc1C.Cl.Cl. The zero-order chi connectivity index (χ0) is 17.0. The number of carbonyl (C=O) groups is 1. The van der Waals surface area contributed by atoms with Crippen molar-refractivity contribution in [1.29, 1.82) is 0 Å². The Morgan fingerprint density at radius 3 is 2.40 bits per heavy atom. The van der Waals surface area contributed by atoms with E-state index < -0.39 is 0 Å². The first kappa shape index (κ1) is 24.2. The molecule has 3 N–H and O–H groups in total. The number of halogens is 2. The van der Waals surface area contributed by atoms with Crippen molar-refractivity contribution in [1.82, 2.24) is 15.2 Å². The Bertz CT molecular complexity index is 509. The highest BCUT2D eigenvalue weighted by Crippen LogP contribution is 2.19. The number of carbonyl (C=O) groups excluding carboxylic acids is 1. The summed E-state index contributed by atoms with van der Waals surface area (Å²) < 4.78 is 5.65. The monoisotopic (exact) mass is 394 g/mol. The van der Waals surface area contributed by atoms with Crippen LogP contribution in [0.15, 0.2) is 4.42 Å². The van der Waals surface area contributed by atoms with E-state index in [4.69, 9.17) is 10.2 Å². The molecule has 1 aromatic rings. The third-order valence-electron chi connectivity index (χ3n) is 4.91. The standard InChI is InChI=1S/C17H30N4O2.2ClH/c1-11(12(2)18)17(22)19-9-15-5-7-21(8-6-15)10-16-20-13(3)14(4)23-16;;/h11-12,15H,5-10,18H2,1-4H3,(H,19,22);2*1H. The molecule has 1 amide bonds. The van der Waals surface area contributed by atoms with Gasteiger partial charge in [-0.15, -0.1) is 24.8 Å². The van der Waals surface area contributed by atoms with Gasteiger partial charge in [0.25, 0.3) is 0 Å². The minimum Gasteiger partial charge on any atom is -0.444 e. The number of hydrogen-bond acceptors (Lipinski definition) is 5. The molecule has 25 heavy (non-hydrogen) atoms. The van der Waals surface area contributed by atoms with Crippen LogP contribution in [0.2, 0.25) is 0 Å². The second-order valence-electron chi connectivity index (χ2n) is 6.86. The predicted molar refractivity (Wildman–Crippen MR) is 104 cm³/mol. The lowest BCUT2D eigenvalue weighted by atomic mass is 9.96. The molecular weight excluding hydrogens is 363 g/mol. The van der Waals surface area contributed by atoms with Crippen LogP contribution >= 0.6 is 24.8 Å². The maximum Gasteiger partial charge on any atom is 0.224 e. The highest BCUT2D eigenvalue weighted by atomic mass is 35.5. The van der Waals surface area contributed by atoms with E-state index in [1.807, 2.05) is 27.7 Å². The molecule has 1 aromatic heterocycles. The number of aryl methyl sites for hydroxylation is 2. The van der Waals surface area contributed by atoms with Crippen molar-refractivity contribution in [3.63, 3.8) is 0 Å². The third kappa shape index (κ3) is 7.13. The van der Waals surface area contributed by atoms with Gasteiger partial charge in [0.1, 0.15) is 5.76 Å². The molecule has 0 radical (unpaired) electrons. The zero-order valence-electron chi connectivity index (χ0n) is 15.6. The van der Waals surface area contributed by atoms with E-state index in [0.29, 0.717) is 5.92 Å². The smallest absolute Gasteiger partial charge is 0.224 e. The van der Waals surface area contributed by atoms with Crippen molar-refractivity contribution >= 4 is 30.7 Å². The molecule has 6 nitrogen and oxygen atoms in total. The number of amides is 1. The van der Waals surface area contributed by atoms with Crippen LogP contribution in [-0.2, 0) is 11.3 Å². The summed E-state index contributed by atoms with van der Waals surface area (Å²) in [7, 11) is 0. The average molecular weight is 395 g/mol. The van der Waals surface area contributed by atoms with Gasteiger partial charge in [0.2, 0.25) is 11.8 Å². The van der Waals surface area contributed by atoms with Crippen LogP contribution in [-0.4, -0.2) is 41.5 Å². The zero-order valence-corrected chi connectivity index (χ0v) is 17.2. The largest absolute Gasteiger partial charge is 0.444 e.